The van der Waals surface area contributed by atoms with Crippen LogP contribution in [0.2, 0.25) is 0 Å². The molecule has 0 spiro atoms. The second-order valence-corrected chi connectivity index (χ2v) is 7.45. The zero-order valence-electron chi connectivity index (χ0n) is 13.2. The summed E-state index contributed by atoms with van der Waals surface area (Å²) in [5.74, 6) is 0.280. The molecule has 1 aromatic carbocycles. The van der Waals surface area contributed by atoms with Crippen LogP contribution >= 0.6 is 0 Å². The molecule has 3 heterocycles. The lowest BCUT2D eigenvalue weighted by Gasteiger charge is -2.05. The zero-order valence-corrected chi connectivity index (χ0v) is 14.0. The SMILES string of the molecule is O=C1C=C(n2ncc3cc(-c4ccc(C5CC5)nc4)ccc32)S(=O)N1. The molecule has 1 unspecified atom stereocenters. The van der Waals surface area contributed by atoms with Crippen LogP contribution in [-0.2, 0) is 15.8 Å². The van der Waals surface area contributed by atoms with Crippen molar-refractivity contribution in [2.75, 3.05) is 0 Å². The first kappa shape index (κ1) is 14.5. The highest BCUT2D eigenvalue weighted by Crippen LogP contribution is 2.39. The van der Waals surface area contributed by atoms with Gasteiger partial charge in [-0.3, -0.25) is 14.5 Å². The summed E-state index contributed by atoms with van der Waals surface area (Å²) in [6, 6.07) is 10.1. The number of hydrogen-bond donors (Lipinski definition) is 1. The Morgan fingerprint density at radius 1 is 1.12 bits per heavy atom. The summed E-state index contributed by atoms with van der Waals surface area (Å²) in [6.45, 7) is 0. The van der Waals surface area contributed by atoms with Crippen LogP contribution in [0.5, 0.6) is 0 Å². The van der Waals surface area contributed by atoms with E-state index >= 15 is 0 Å². The van der Waals surface area contributed by atoms with Gasteiger partial charge in [-0.15, -0.1) is 0 Å². The van der Waals surface area contributed by atoms with Gasteiger partial charge < -0.3 is 0 Å². The van der Waals surface area contributed by atoms with Gasteiger partial charge in [0, 0.05) is 34.8 Å². The quantitative estimate of drug-likeness (QED) is 0.788. The molecule has 3 aromatic rings. The van der Waals surface area contributed by atoms with E-state index in [1.165, 1.54) is 24.6 Å². The highest BCUT2D eigenvalue weighted by molar-refractivity contribution is 7.93. The van der Waals surface area contributed by atoms with Crippen LogP contribution in [0.3, 0.4) is 0 Å². The van der Waals surface area contributed by atoms with Gasteiger partial charge >= 0.3 is 0 Å². The Labute approximate surface area is 146 Å². The molecule has 0 saturated heterocycles. The fourth-order valence-electron chi connectivity index (χ4n) is 3.06. The highest BCUT2D eigenvalue weighted by Gasteiger charge is 2.25. The number of fused-ring (bicyclic) bond motifs is 1. The Kier molecular flexibility index (Phi) is 3.11. The second kappa shape index (κ2) is 5.35. The topological polar surface area (TPSA) is 76.9 Å². The molecule has 5 rings (SSSR count). The molecule has 124 valence electrons. The van der Waals surface area contributed by atoms with Crippen LogP contribution in [-0.4, -0.2) is 24.9 Å². The van der Waals surface area contributed by atoms with Crippen LogP contribution in [0.1, 0.15) is 24.5 Å². The molecule has 1 saturated carbocycles. The third-order valence-corrected chi connectivity index (χ3v) is 5.59. The zero-order chi connectivity index (χ0) is 17.0. The van der Waals surface area contributed by atoms with E-state index in [4.69, 9.17) is 0 Å². The smallest absolute Gasteiger partial charge is 0.258 e. The number of rotatable bonds is 3. The number of carbonyl (C=O) groups excluding carboxylic acids is 1. The lowest BCUT2D eigenvalue weighted by molar-refractivity contribution is -0.114. The van der Waals surface area contributed by atoms with Crippen molar-refractivity contribution < 1.29 is 9.00 Å². The molecule has 1 amide bonds. The summed E-state index contributed by atoms with van der Waals surface area (Å²) in [4.78, 5) is 16.0. The first-order chi connectivity index (χ1) is 12.2. The third kappa shape index (κ3) is 2.47. The Bertz CT molecular complexity index is 1060. The van der Waals surface area contributed by atoms with Gasteiger partial charge in [-0.2, -0.15) is 5.10 Å². The van der Waals surface area contributed by atoms with E-state index in [1.807, 2.05) is 24.4 Å². The predicted molar refractivity (Wildman–Crippen MR) is 95.5 cm³/mol. The fraction of sp³-hybridized carbons (Fsp3) is 0.167. The van der Waals surface area contributed by atoms with E-state index in [9.17, 15) is 9.00 Å². The largest absolute Gasteiger partial charge is 0.269 e. The van der Waals surface area contributed by atoms with Crippen LogP contribution in [0.25, 0.3) is 27.1 Å². The molecule has 25 heavy (non-hydrogen) atoms. The van der Waals surface area contributed by atoms with Crippen molar-refractivity contribution >= 4 is 32.8 Å². The van der Waals surface area contributed by atoms with E-state index in [0.29, 0.717) is 10.9 Å². The molecule has 2 aliphatic rings. The van der Waals surface area contributed by atoms with Gasteiger partial charge in [0.15, 0.2) is 16.0 Å². The Hall–Kier alpha value is -2.80. The first-order valence-electron chi connectivity index (χ1n) is 8.07. The molecular weight excluding hydrogens is 336 g/mol. The third-order valence-electron chi connectivity index (χ3n) is 4.53. The van der Waals surface area contributed by atoms with E-state index < -0.39 is 11.0 Å². The van der Waals surface area contributed by atoms with E-state index in [2.05, 4.69) is 26.9 Å². The molecule has 1 N–H and O–H groups in total. The average Bonchev–Trinajstić information content (AvgIpc) is 3.31. The molecule has 0 bridgehead atoms. The normalized spacial score (nSPS) is 19.9. The van der Waals surface area contributed by atoms with Crippen molar-refractivity contribution in [2.24, 2.45) is 0 Å². The van der Waals surface area contributed by atoms with Crippen LogP contribution in [0.4, 0.5) is 0 Å². The number of amides is 1. The minimum atomic E-state index is -1.57. The number of hydrogen-bond acceptors (Lipinski definition) is 4. The number of carbonyl (C=O) groups is 1. The average molecular weight is 350 g/mol. The van der Waals surface area contributed by atoms with Gasteiger partial charge in [-0.05, 0) is 36.6 Å². The molecule has 7 heteroatoms. The Morgan fingerprint density at radius 2 is 1.96 bits per heavy atom. The molecule has 1 aliphatic heterocycles. The summed E-state index contributed by atoms with van der Waals surface area (Å²) >= 11 is 0. The minimum Gasteiger partial charge on any atom is -0.269 e. The van der Waals surface area contributed by atoms with Gasteiger partial charge in [-0.1, -0.05) is 12.1 Å². The maximum atomic E-state index is 11.9. The van der Waals surface area contributed by atoms with Gasteiger partial charge in [0.05, 0.1) is 11.7 Å². The van der Waals surface area contributed by atoms with Crippen molar-refractivity contribution in [2.45, 2.75) is 18.8 Å². The Morgan fingerprint density at radius 3 is 2.64 bits per heavy atom. The van der Waals surface area contributed by atoms with Crippen molar-refractivity contribution in [3.63, 3.8) is 0 Å². The number of benzene rings is 1. The summed E-state index contributed by atoms with van der Waals surface area (Å²) in [5.41, 5.74) is 4.09. The number of pyridine rings is 1. The molecule has 1 aliphatic carbocycles. The summed E-state index contributed by atoms with van der Waals surface area (Å²) in [6.07, 6.45) is 7.43. The van der Waals surface area contributed by atoms with Gasteiger partial charge in [0.1, 0.15) is 0 Å². The molecule has 2 aromatic heterocycles. The first-order valence-corrected chi connectivity index (χ1v) is 9.22. The van der Waals surface area contributed by atoms with Gasteiger partial charge in [0.2, 0.25) is 0 Å². The van der Waals surface area contributed by atoms with E-state index in [0.717, 1.165) is 22.0 Å². The van der Waals surface area contributed by atoms with Crippen LogP contribution < -0.4 is 4.72 Å². The van der Waals surface area contributed by atoms with E-state index in [-0.39, 0.29) is 5.91 Å². The van der Waals surface area contributed by atoms with Crippen LogP contribution in [0, 0.1) is 0 Å². The summed E-state index contributed by atoms with van der Waals surface area (Å²) in [7, 11) is -1.57. The maximum absolute atomic E-state index is 11.9. The maximum Gasteiger partial charge on any atom is 0.258 e. The molecule has 1 atom stereocenters. The summed E-state index contributed by atoms with van der Waals surface area (Å²) in [5, 5.41) is 5.56. The van der Waals surface area contributed by atoms with Gasteiger partial charge in [0.25, 0.3) is 5.91 Å². The van der Waals surface area contributed by atoms with Gasteiger partial charge in [-0.25, -0.2) is 8.89 Å². The Balaban J connectivity index is 1.53. The van der Waals surface area contributed by atoms with Crippen molar-refractivity contribution in [1.82, 2.24) is 19.5 Å². The predicted octanol–water partition coefficient (Wildman–Crippen LogP) is 2.57. The van der Waals surface area contributed by atoms with Crippen molar-refractivity contribution in [3.05, 3.63) is 54.5 Å². The van der Waals surface area contributed by atoms with Crippen molar-refractivity contribution in [3.8, 4) is 11.1 Å². The van der Waals surface area contributed by atoms with E-state index in [1.54, 1.807) is 10.9 Å². The monoisotopic (exact) mass is 350 g/mol. The lowest BCUT2D eigenvalue weighted by Crippen LogP contribution is -2.17. The molecular formula is C18H14N4O2S. The standard InChI is InChI=1S/C18H14N4O2S/c23-17-8-18(25(24)21-17)22-16-6-4-12(7-14(16)10-20-22)13-3-5-15(19-9-13)11-1-2-11/h3-11H,1-2H2,(H,21,23). The lowest BCUT2D eigenvalue weighted by atomic mass is 10.1. The number of aromatic nitrogens is 3. The van der Waals surface area contributed by atoms with Crippen molar-refractivity contribution in [1.29, 1.82) is 0 Å². The summed E-state index contributed by atoms with van der Waals surface area (Å²) < 4.78 is 15.8. The fourth-order valence-corrected chi connectivity index (χ4v) is 3.93. The second-order valence-electron chi connectivity index (χ2n) is 6.29. The number of nitrogens with zero attached hydrogens (tertiary/aromatic N) is 3. The molecule has 0 radical (unpaired) electrons. The molecule has 6 nitrogen and oxygen atoms in total. The van der Waals surface area contributed by atoms with Crippen LogP contribution in [0.15, 0.2) is 48.8 Å². The highest BCUT2D eigenvalue weighted by atomic mass is 32.2. The number of nitrogens with one attached hydrogen (secondary N) is 1. The minimum absolute atomic E-state index is 0.350. The molecule has 1 fully saturated rings.